The van der Waals surface area contributed by atoms with Crippen molar-refractivity contribution in [1.82, 2.24) is 20.0 Å². The number of aliphatic imine (C=N–C) groups is 1. The third-order valence-corrected chi connectivity index (χ3v) is 8.42. The summed E-state index contributed by atoms with van der Waals surface area (Å²) in [5.41, 5.74) is 2.47. The first-order valence-corrected chi connectivity index (χ1v) is 13.4. The molecule has 8 nitrogen and oxygen atoms in total. The molecule has 9 heteroatoms. The van der Waals surface area contributed by atoms with Gasteiger partial charge in [-0.15, -0.1) is 11.3 Å². The quantitative estimate of drug-likeness (QED) is 0.585. The van der Waals surface area contributed by atoms with Crippen molar-refractivity contribution in [2.24, 2.45) is 4.99 Å². The third-order valence-electron chi connectivity index (χ3n) is 7.46. The van der Waals surface area contributed by atoms with Crippen LogP contribution in [0, 0.1) is 6.92 Å². The van der Waals surface area contributed by atoms with Crippen molar-refractivity contribution in [3.8, 4) is 0 Å². The van der Waals surface area contributed by atoms with Gasteiger partial charge in [-0.3, -0.25) is 14.6 Å². The minimum atomic E-state index is -0.714. The van der Waals surface area contributed by atoms with E-state index >= 15 is 0 Å². The molecule has 2 N–H and O–H groups in total. The monoisotopic (exact) mass is 494 g/mol. The standard InChI is InChI=1S/C26H34N6O2S/c1-4-26(5-2)24(33)32(25(34)29-26)12-8-11-30-13-15-31(16-14-30)22-19-17-18(3)35-23(19)28-21-10-7-6-9-20(21)27-22/h6-7,9-10,17,28H,4-5,8,11-16H2,1-3H3,(H,29,34). The fourth-order valence-corrected chi connectivity index (χ4v) is 6.15. The number of fused-ring (bicyclic) bond motifs is 2. The largest absolute Gasteiger partial charge is 0.353 e. The van der Waals surface area contributed by atoms with Crippen molar-refractivity contribution in [3.05, 3.63) is 40.8 Å². The van der Waals surface area contributed by atoms with Crippen LogP contribution in [0.1, 0.15) is 43.6 Å². The lowest BCUT2D eigenvalue weighted by Crippen LogP contribution is -2.49. The summed E-state index contributed by atoms with van der Waals surface area (Å²) in [4.78, 5) is 37.8. The number of urea groups is 1. The Bertz CT molecular complexity index is 1150. The summed E-state index contributed by atoms with van der Waals surface area (Å²) in [6.07, 6.45) is 2.04. The molecule has 2 saturated heterocycles. The molecule has 0 aliphatic carbocycles. The first-order chi connectivity index (χ1) is 16.9. The molecule has 0 unspecified atom stereocenters. The molecular formula is C26H34N6O2S. The van der Waals surface area contributed by atoms with Crippen LogP contribution in [0.3, 0.4) is 0 Å². The lowest BCUT2D eigenvalue weighted by atomic mass is 9.93. The number of benzene rings is 1. The maximum absolute atomic E-state index is 12.8. The molecule has 0 saturated carbocycles. The number of nitrogens with zero attached hydrogens (tertiary/aromatic N) is 4. The Labute approximate surface area is 211 Å². The first-order valence-electron chi connectivity index (χ1n) is 12.6. The molecule has 0 radical (unpaired) electrons. The van der Waals surface area contributed by atoms with Crippen LogP contribution < -0.4 is 10.6 Å². The van der Waals surface area contributed by atoms with E-state index in [0.717, 1.165) is 61.4 Å². The number of hydrogen-bond acceptors (Lipinski definition) is 7. The molecule has 2 fully saturated rings. The predicted octanol–water partition coefficient (Wildman–Crippen LogP) is 4.31. The van der Waals surface area contributed by atoms with Crippen LogP contribution in [0.4, 0.5) is 21.2 Å². The molecule has 0 spiro atoms. The lowest BCUT2D eigenvalue weighted by molar-refractivity contribution is -0.131. The summed E-state index contributed by atoms with van der Waals surface area (Å²) in [5.74, 6) is 0.968. The third kappa shape index (κ3) is 4.43. The Balaban J connectivity index is 1.20. The molecule has 4 heterocycles. The van der Waals surface area contributed by atoms with Crippen molar-refractivity contribution in [3.63, 3.8) is 0 Å². The van der Waals surface area contributed by atoms with E-state index < -0.39 is 5.54 Å². The summed E-state index contributed by atoms with van der Waals surface area (Å²) in [7, 11) is 0. The zero-order chi connectivity index (χ0) is 24.6. The summed E-state index contributed by atoms with van der Waals surface area (Å²) < 4.78 is 0. The van der Waals surface area contributed by atoms with Crippen molar-refractivity contribution in [1.29, 1.82) is 0 Å². The first kappa shape index (κ1) is 23.8. The smallest absolute Gasteiger partial charge is 0.325 e. The van der Waals surface area contributed by atoms with Gasteiger partial charge >= 0.3 is 6.03 Å². The van der Waals surface area contributed by atoms with Gasteiger partial charge in [0.1, 0.15) is 16.4 Å². The van der Waals surface area contributed by atoms with Gasteiger partial charge in [-0.25, -0.2) is 9.79 Å². The van der Waals surface area contributed by atoms with Crippen LogP contribution in [-0.4, -0.2) is 77.3 Å². The van der Waals surface area contributed by atoms with Crippen molar-refractivity contribution in [2.75, 3.05) is 44.6 Å². The SMILES string of the molecule is CCC1(CC)NC(=O)N(CCCN2CCN(C3=Nc4ccccc4Nc4sc(C)cc43)CC2)C1=O. The fourth-order valence-electron chi connectivity index (χ4n) is 5.23. The molecule has 1 aromatic heterocycles. The van der Waals surface area contributed by atoms with Gasteiger partial charge in [0.15, 0.2) is 0 Å². The Morgan fingerprint density at radius 3 is 2.51 bits per heavy atom. The molecule has 5 rings (SSSR count). The molecule has 1 aromatic carbocycles. The highest BCUT2D eigenvalue weighted by Crippen LogP contribution is 2.39. The molecule has 3 aliphatic rings. The number of hydrogen-bond donors (Lipinski definition) is 2. The summed E-state index contributed by atoms with van der Waals surface area (Å²) in [6.45, 7) is 11.0. The Morgan fingerprint density at radius 1 is 1.06 bits per heavy atom. The second-order valence-electron chi connectivity index (χ2n) is 9.54. The van der Waals surface area contributed by atoms with Crippen LogP contribution >= 0.6 is 11.3 Å². The fraction of sp³-hybridized carbons (Fsp3) is 0.500. The van der Waals surface area contributed by atoms with Crippen LogP contribution in [-0.2, 0) is 4.79 Å². The van der Waals surface area contributed by atoms with Gasteiger partial charge in [0.05, 0.1) is 16.9 Å². The number of carbonyl (C=O) groups excluding carboxylic acids is 2. The second-order valence-corrected chi connectivity index (χ2v) is 10.8. The molecule has 2 aromatic rings. The highest BCUT2D eigenvalue weighted by molar-refractivity contribution is 7.16. The summed E-state index contributed by atoms with van der Waals surface area (Å²) >= 11 is 1.77. The Hall–Kier alpha value is -2.91. The highest BCUT2D eigenvalue weighted by Gasteiger charge is 2.48. The topological polar surface area (TPSA) is 80.3 Å². The van der Waals surface area contributed by atoms with Crippen molar-refractivity contribution >= 4 is 45.5 Å². The number of rotatable bonds is 6. The number of carbonyl (C=O) groups is 2. The van der Waals surface area contributed by atoms with Crippen LogP contribution in [0.5, 0.6) is 0 Å². The molecule has 3 aliphatic heterocycles. The predicted molar refractivity (Wildman–Crippen MR) is 141 cm³/mol. The number of thiophene rings is 1. The lowest BCUT2D eigenvalue weighted by Gasteiger charge is -2.36. The van der Waals surface area contributed by atoms with Gasteiger partial charge in [0, 0.05) is 37.6 Å². The van der Waals surface area contributed by atoms with Gasteiger partial charge in [-0.05, 0) is 50.9 Å². The number of amidine groups is 1. The van der Waals surface area contributed by atoms with Gasteiger partial charge in [-0.2, -0.15) is 0 Å². The minimum absolute atomic E-state index is 0.0700. The molecule has 0 bridgehead atoms. The zero-order valence-electron chi connectivity index (χ0n) is 20.8. The van der Waals surface area contributed by atoms with E-state index in [1.165, 1.54) is 15.3 Å². The Morgan fingerprint density at radius 2 is 1.80 bits per heavy atom. The zero-order valence-corrected chi connectivity index (χ0v) is 21.6. The number of anilines is 2. The minimum Gasteiger partial charge on any atom is -0.353 e. The number of amides is 3. The number of piperazine rings is 1. The maximum Gasteiger partial charge on any atom is 0.325 e. The van der Waals surface area contributed by atoms with E-state index in [1.54, 1.807) is 11.3 Å². The molecule has 3 amide bonds. The van der Waals surface area contributed by atoms with E-state index in [0.29, 0.717) is 19.4 Å². The van der Waals surface area contributed by atoms with Crippen LogP contribution in [0.15, 0.2) is 35.3 Å². The van der Waals surface area contributed by atoms with Crippen molar-refractivity contribution < 1.29 is 9.59 Å². The number of nitrogens with one attached hydrogen (secondary N) is 2. The maximum atomic E-state index is 12.8. The van der Waals surface area contributed by atoms with Gasteiger partial charge in [0.25, 0.3) is 5.91 Å². The van der Waals surface area contributed by atoms with E-state index in [-0.39, 0.29) is 11.9 Å². The molecule has 0 atom stereocenters. The van der Waals surface area contributed by atoms with Crippen molar-refractivity contribution in [2.45, 2.75) is 45.6 Å². The average molecular weight is 495 g/mol. The normalized spacial score (nSPS) is 19.6. The second kappa shape index (κ2) is 9.62. The number of aryl methyl sites for hydroxylation is 1. The van der Waals surface area contributed by atoms with E-state index in [9.17, 15) is 9.59 Å². The number of imide groups is 1. The molecule has 186 valence electrons. The van der Waals surface area contributed by atoms with Crippen LogP contribution in [0.25, 0.3) is 0 Å². The highest BCUT2D eigenvalue weighted by atomic mass is 32.1. The molecule has 35 heavy (non-hydrogen) atoms. The Kier molecular flexibility index (Phi) is 6.55. The van der Waals surface area contributed by atoms with Gasteiger partial charge in [-0.1, -0.05) is 26.0 Å². The van der Waals surface area contributed by atoms with E-state index in [2.05, 4.69) is 45.6 Å². The van der Waals surface area contributed by atoms with E-state index in [1.807, 2.05) is 26.0 Å². The number of para-hydroxylation sites is 2. The van der Waals surface area contributed by atoms with Gasteiger partial charge in [0.2, 0.25) is 0 Å². The van der Waals surface area contributed by atoms with E-state index in [4.69, 9.17) is 4.99 Å². The summed E-state index contributed by atoms with van der Waals surface area (Å²) in [5, 5.41) is 7.65. The van der Waals surface area contributed by atoms with Gasteiger partial charge < -0.3 is 15.5 Å². The average Bonchev–Trinajstić information content (AvgIpc) is 3.29. The summed E-state index contributed by atoms with van der Waals surface area (Å²) in [6, 6.07) is 10.2. The molecular weight excluding hydrogens is 460 g/mol. The van der Waals surface area contributed by atoms with Crippen LogP contribution in [0.2, 0.25) is 0 Å².